The van der Waals surface area contributed by atoms with Gasteiger partial charge in [-0.05, 0) is 66.5 Å². The number of aryl methyl sites for hydroxylation is 1. The lowest BCUT2D eigenvalue weighted by molar-refractivity contribution is 0.238. The van der Waals surface area contributed by atoms with Crippen molar-refractivity contribution in [2.75, 3.05) is 19.6 Å². The van der Waals surface area contributed by atoms with Crippen molar-refractivity contribution in [1.29, 1.82) is 5.26 Å². The lowest BCUT2D eigenvalue weighted by Gasteiger charge is -2.32. The summed E-state index contributed by atoms with van der Waals surface area (Å²) in [6, 6.07) is 19.1. The summed E-state index contributed by atoms with van der Waals surface area (Å²) in [5, 5.41) is 10.5. The molecule has 1 aliphatic carbocycles. The van der Waals surface area contributed by atoms with Crippen LogP contribution in [0.15, 0.2) is 54.6 Å². The number of aromatic nitrogens is 1. The second-order valence-corrected chi connectivity index (χ2v) is 8.17. The minimum Gasteiger partial charge on any atom is -0.358 e. The van der Waals surface area contributed by atoms with E-state index in [4.69, 9.17) is 0 Å². The Morgan fingerprint density at radius 1 is 1.11 bits per heavy atom. The van der Waals surface area contributed by atoms with E-state index in [1.165, 1.54) is 46.3 Å². The van der Waals surface area contributed by atoms with E-state index in [0.29, 0.717) is 5.92 Å². The zero-order valence-corrected chi connectivity index (χ0v) is 16.1. The van der Waals surface area contributed by atoms with Crippen LogP contribution in [0.1, 0.15) is 35.2 Å². The number of hydrogen-bond acceptors (Lipinski definition) is 2. The van der Waals surface area contributed by atoms with Gasteiger partial charge in [-0.25, -0.2) is 0 Å². The van der Waals surface area contributed by atoms with Crippen LogP contribution in [0.4, 0.5) is 0 Å². The molecule has 1 atom stereocenters. The highest BCUT2D eigenvalue weighted by atomic mass is 15.1. The van der Waals surface area contributed by atoms with Crippen molar-refractivity contribution in [3.8, 4) is 6.07 Å². The molecule has 3 heteroatoms. The standard InChI is InChI=1S/C25H25N3/c26-16-18-6-8-24-22(14-18)23-15-19(7-9-25(23)27-24)17-28-12-10-21(11-13-28)20-4-2-1-3-5-20/h1-6,8,10,14,19,27H,7,9,11-13,15,17H2. The molecular weight excluding hydrogens is 342 g/mol. The molecule has 0 saturated heterocycles. The molecule has 1 aliphatic heterocycles. The second-order valence-electron chi connectivity index (χ2n) is 8.17. The normalized spacial score (nSPS) is 19.8. The monoisotopic (exact) mass is 367 g/mol. The fraction of sp³-hybridized carbons (Fsp3) is 0.320. The number of nitriles is 1. The summed E-state index contributed by atoms with van der Waals surface area (Å²) in [4.78, 5) is 6.19. The summed E-state index contributed by atoms with van der Waals surface area (Å²) >= 11 is 0. The predicted octanol–water partition coefficient (Wildman–Crippen LogP) is 4.93. The molecule has 0 amide bonds. The van der Waals surface area contributed by atoms with E-state index in [1.807, 2.05) is 6.07 Å². The molecule has 28 heavy (non-hydrogen) atoms. The highest BCUT2D eigenvalue weighted by Gasteiger charge is 2.25. The van der Waals surface area contributed by atoms with E-state index in [2.05, 4.69) is 64.5 Å². The molecule has 5 rings (SSSR count). The number of H-pyrrole nitrogens is 1. The Morgan fingerprint density at radius 3 is 2.79 bits per heavy atom. The van der Waals surface area contributed by atoms with E-state index >= 15 is 0 Å². The average molecular weight is 367 g/mol. The van der Waals surface area contributed by atoms with Crippen LogP contribution >= 0.6 is 0 Å². The van der Waals surface area contributed by atoms with Crippen molar-refractivity contribution in [3.63, 3.8) is 0 Å². The molecule has 1 unspecified atom stereocenters. The molecule has 0 bridgehead atoms. The Morgan fingerprint density at radius 2 is 2.00 bits per heavy atom. The van der Waals surface area contributed by atoms with Gasteiger partial charge in [-0.1, -0.05) is 36.4 Å². The van der Waals surface area contributed by atoms with E-state index in [1.54, 1.807) is 0 Å². The van der Waals surface area contributed by atoms with Crippen LogP contribution in [0.25, 0.3) is 16.5 Å². The van der Waals surface area contributed by atoms with Crippen LogP contribution in [0.2, 0.25) is 0 Å². The van der Waals surface area contributed by atoms with Gasteiger partial charge in [0.05, 0.1) is 11.6 Å². The Hall–Kier alpha value is -2.83. The second kappa shape index (κ2) is 7.30. The fourth-order valence-corrected chi connectivity index (χ4v) is 4.87. The third-order valence-corrected chi connectivity index (χ3v) is 6.37. The van der Waals surface area contributed by atoms with Gasteiger partial charge in [0.15, 0.2) is 0 Å². The first kappa shape index (κ1) is 17.3. The Kier molecular flexibility index (Phi) is 4.50. The van der Waals surface area contributed by atoms with Crippen LogP contribution in [0.5, 0.6) is 0 Å². The Labute approximate surface area is 166 Å². The van der Waals surface area contributed by atoms with E-state index in [-0.39, 0.29) is 0 Å². The molecule has 2 heterocycles. The van der Waals surface area contributed by atoms with Crippen LogP contribution in [0, 0.1) is 17.2 Å². The van der Waals surface area contributed by atoms with Crippen molar-refractivity contribution in [2.45, 2.75) is 25.7 Å². The lowest BCUT2D eigenvalue weighted by atomic mass is 9.85. The maximum absolute atomic E-state index is 9.24. The van der Waals surface area contributed by atoms with Crippen molar-refractivity contribution in [3.05, 3.63) is 77.0 Å². The number of nitrogens with zero attached hydrogens (tertiary/aromatic N) is 2. The first-order chi connectivity index (χ1) is 13.8. The fourth-order valence-electron chi connectivity index (χ4n) is 4.87. The quantitative estimate of drug-likeness (QED) is 0.713. The summed E-state index contributed by atoms with van der Waals surface area (Å²) in [6.45, 7) is 3.37. The zero-order chi connectivity index (χ0) is 18.9. The maximum atomic E-state index is 9.24. The van der Waals surface area contributed by atoms with Crippen molar-refractivity contribution in [1.82, 2.24) is 9.88 Å². The molecular formula is C25H25N3. The topological polar surface area (TPSA) is 42.8 Å². The number of benzene rings is 2. The minimum absolute atomic E-state index is 0.698. The zero-order valence-electron chi connectivity index (χ0n) is 16.1. The summed E-state index contributed by atoms with van der Waals surface area (Å²) in [5.41, 5.74) is 7.62. The first-order valence-electron chi connectivity index (χ1n) is 10.3. The Bertz CT molecular complexity index is 1070. The van der Waals surface area contributed by atoms with Gasteiger partial charge in [0.2, 0.25) is 0 Å². The number of rotatable bonds is 3. The minimum atomic E-state index is 0.698. The van der Waals surface area contributed by atoms with E-state index in [9.17, 15) is 5.26 Å². The van der Waals surface area contributed by atoms with Gasteiger partial charge < -0.3 is 4.98 Å². The number of fused-ring (bicyclic) bond motifs is 3. The molecule has 1 N–H and O–H groups in total. The predicted molar refractivity (Wildman–Crippen MR) is 114 cm³/mol. The van der Waals surface area contributed by atoms with Crippen LogP contribution < -0.4 is 0 Å². The van der Waals surface area contributed by atoms with E-state index in [0.717, 1.165) is 37.9 Å². The van der Waals surface area contributed by atoms with Crippen LogP contribution in [-0.4, -0.2) is 29.5 Å². The van der Waals surface area contributed by atoms with Crippen molar-refractivity contribution < 1.29 is 0 Å². The SMILES string of the molecule is N#Cc1ccc2[nH]c3c(c2c1)CC(CN1CC=C(c2ccccc2)CC1)CC3. The molecule has 3 aromatic rings. The Balaban J connectivity index is 1.28. The van der Waals surface area contributed by atoms with Gasteiger partial charge in [0.1, 0.15) is 0 Å². The molecule has 0 fully saturated rings. The largest absolute Gasteiger partial charge is 0.358 e. The van der Waals surface area contributed by atoms with Crippen LogP contribution in [0.3, 0.4) is 0 Å². The van der Waals surface area contributed by atoms with Gasteiger partial charge in [0.25, 0.3) is 0 Å². The van der Waals surface area contributed by atoms with Gasteiger partial charge in [-0.2, -0.15) is 5.26 Å². The third-order valence-electron chi connectivity index (χ3n) is 6.37. The van der Waals surface area contributed by atoms with Gasteiger partial charge >= 0.3 is 0 Å². The lowest BCUT2D eigenvalue weighted by Crippen LogP contribution is -2.35. The highest BCUT2D eigenvalue weighted by molar-refractivity contribution is 5.86. The number of hydrogen-bond donors (Lipinski definition) is 1. The number of aromatic amines is 1. The summed E-state index contributed by atoms with van der Waals surface area (Å²) in [6.07, 6.45) is 7.04. The van der Waals surface area contributed by atoms with Gasteiger partial charge in [-0.3, -0.25) is 4.90 Å². The molecule has 0 radical (unpaired) electrons. The first-order valence-corrected chi connectivity index (χ1v) is 10.3. The summed E-state index contributed by atoms with van der Waals surface area (Å²) in [5.74, 6) is 0.698. The molecule has 2 aliphatic rings. The summed E-state index contributed by atoms with van der Waals surface area (Å²) < 4.78 is 0. The highest BCUT2D eigenvalue weighted by Crippen LogP contribution is 2.33. The molecule has 0 saturated carbocycles. The summed E-state index contributed by atoms with van der Waals surface area (Å²) in [7, 11) is 0. The van der Waals surface area contributed by atoms with Crippen molar-refractivity contribution >= 4 is 16.5 Å². The average Bonchev–Trinajstić information content (AvgIpc) is 3.12. The maximum Gasteiger partial charge on any atom is 0.0991 e. The van der Waals surface area contributed by atoms with E-state index < -0.39 is 0 Å². The number of nitrogens with one attached hydrogen (secondary N) is 1. The smallest absolute Gasteiger partial charge is 0.0991 e. The molecule has 0 spiro atoms. The molecule has 140 valence electrons. The van der Waals surface area contributed by atoms with Gasteiger partial charge in [0, 0.05) is 36.2 Å². The third kappa shape index (κ3) is 3.25. The molecule has 2 aromatic carbocycles. The van der Waals surface area contributed by atoms with Crippen molar-refractivity contribution in [2.24, 2.45) is 5.92 Å². The van der Waals surface area contributed by atoms with Crippen LogP contribution in [-0.2, 0) is 12.8 Å². The molecule has 1 aromatic heterocycles. The van der Waals surface area contributed by atoms with Gasteiger partial charge in [-0.15, -0.1) is 0 Å². The molecule has 3 nitrogen and oxygen atoms in total.